The van der Waals surface area contributed by atoms with Gasteiger partial charge in [-0.05, 0) is 11.6 Å². The highest BCUT2D eigenvalue weighted by Crippen LogP contribution is 2.25. The Labute approximate surface area is 144 Å². The molecule has 0 saturated heterocycles. The van der Waals surface area contributed by atoms with Crippen LogP contribution >= 0.6 is 0 Å². The van der Waals surface area contributed by atoms with Gasteiger partial charge < -0.3 is 4.52 Å². The number of aromatic amines is 1. The number of hydrogen-bond donors (Lipinski definition) is 1. The van der Waals surface area contributed by atoms with Gasteiger partial charge >= 0.3 is 0 Å². The van der Waals surface area contributed by atoms with Gasteiger partial charge in [0.25, 0.3) is 5.56 Å². The Bertz CT molecular complexity index is 1120. The minimum absolute atomic E-state index is 0.0286. The topological polar surface area (TPSA) is 89.6 Å². The van der Waals surface area contributed by atoms with E-state index < -0.39 is 11.4 Å². The second-order valence-corrected chi connectivity index (χ2v) is 5.47. The highest BCUT2D eigenvalue weighted by atomic mass is 19.1. The zero-order chi connectivity index (χ0) is 18.1. The minimum atomic E-state index is -0.996. The summed E-state index contributed by atoms with van der Waals surface area (Å²) in [6, 6.07) is 7.97. The molecule has 1 N–H and O–H groups in total. The number of nitrogens with zero attached hydrogens (tertiary/aromatic N) is 4. The van der Waals surface area contributed by atoms with Crippen molar-refractivity contribution in [2.45, 2.75) is 6.42 Å². The fraction of sp³-hybridized carbons (Fsp3) is 0.0588. The Morgan fingerprint density at radius 3 is 2.73 bits per heavy atom. The summed E-state index contributed by atoms with van der Waals surface area (Å²) in [6.07, 6.45) is 3.96. The third-order valence-electron chi connectivity index (χ3n) is 3.78. The lowest BCUT2D eigenvalue weighted by Gasteiger charge is -2.02. The first-order chi connectivity index (χ1) is 12.6. The molecule has 1 aromatic carbocycles. The largest absolute Gasteiger partial charge is 0.364 e. The zero-order valence-electron chi connectivity index (χ0n) is 13.2. The Hall–Kier alpha value is -3.62. The van der Waals surface area contributed by atoms with Crippen LogP contribution in [0.2, 0.25) is 0 Å². The van der Waals surface area contributed by atoms with Crippen LogP contribution in [0.25, 0.3) is 17.2 Å². The van der Waals surface area contributed by atoms with Crippen LogP contribution in [0, 0.1) is 11.6 Å². The van der Waals surface area contributed by atoms with Gasteiger partial charge in [0.1, 0.15) is 17.8 Å². The van der Waals surface area contributed by atoms with Gasteiger partial charge in [-0.15, -0.1) is 0 Å². The lowest BCUT2D eigenvalue weighted by molar-refractivity contribution is 0.422. The highest BCUT2D eigenvalue weighted by Gasteiger charge is 2.17. The highest BCUT2D eigenvalue weighted by molar-refractivity contribution is 5.61. The van der Waals surface area contributed by atoms with Crippen LogP contribution in [0.3, 0.4) is 0 Å². The maximum atomic E-state index is 14.0. The molecule has 7 nitrogen and oxygen atoms in total. The Morgan fingerprint density at radius 1 is 1.15 bits per heavy atom. The molecule has 4 aromatic rings. The second-order valence-electron chi connectivity index (χ2n) is 5.47. The van der Waals surface area contributed by atoms with Crippen molar-refractivity contribution in [3.8, 4) is 17.2 Å². The quantitative estimate of drug-likeness (QED) is 0.607. The predicted molar refractivity (Wildman–Crippen MR) is 86.6 cm³/mol. The average Bonchev–Trinajstić information content (AvgIpc) is 3.29. The van der Waals surface area contributed by atoms with Gasteiger partial charge in [-0.25, -0.2) is 14.1 Å². The first-order valence-electron chi connectivity index (χ1n) is 7.60. The van der Waals surface area contributed by atoms with Crippen molar-refractivity contribution < 1.29 is 13.3 Å². The molecule has 0 spiro atoms. The number of aromatic nitrogens is 5. The van der Waals surface area contributed by atoms with E-state index in [1.165, 1.54) is 17.0 Å². The lowest BCUT2D eigenvalue weighted by Crippen LogP contribution is -2.16. The molecule has 4 rings (SSSR count). The molecule has 0 aliphatic heterocycles. The number of hydrogen-bond acceptors (Lipinski definition) is 5. The summed E-state index contributed by atoms with van der Waals surface area (Å²) in [6.45, 7) is 0. The smallest absolute Gasteiger partial charge is 0.288 e. The normalized spacial score (nSPS) is 11.0. The molecule has 0 atom stereocenters. The van der Waals surface area contributed by atoms with Crippen molar-refractivity contribution in [1.82, 2.24) is 24.9 Å². The fourth-order valence-electron chi connectivity index (χ4n) is 2.52. The summed E-state index contributed by atoms with van der Waals surface area (Å²) in [4.78, 5) is 17.6. The van der Waals surface area contributed by atoms with E-state index in [2.05, 4.69) is 20.2 Å². The third-order valence-corrected chi connectivity index (χ3v) is 3.78. The van der Waals surface area contributed by atoms with Crippen LogP contribution in [0.1, 0.15) is 11.3 Å². The van der Waals surface area contributed by atoms with E-state index in [-0.39, 0.29) is 18.2 Å². The summed E-state index contributed by atoms with van der Waals surface area (Å²) in [5.74, 6) is -1.33. The van der Waals surface area contributed by atoms with Gasteiger partial charge in [-0.2, -0.15) is 9.49 Å². The number of halogens is 2. The molecule has 0 fully saturated rings. The molecule has 0 aliphatic carbocycles. The molecule has 130 valence electrons. The molecular formula is C17H11F2N5O2. The SMILES string of the molecule is O=c1[nH]c(-n2cc(-c3ccon3)c(Cc3ccccc3F)n2)ncc1F. The Kier molecular flexibility index (Phi) is 3.88. The summed E-state index contributed by atoms with van der Waals surface area (Å²) < 4.78 is 33.3. The predicted octanol–water partition coefficient (Wildman–Crippen LogP) is 2.48. The molecule has 0 radical (unpaired) electrons. The van der Waals surface area contributed by atoms with Crippen LogP contribution in [0.4, 0.5) is 8.78 Å². The van der Waals surface area contributed by atoms with Crippen molar-refractivity contribution in [1.29, 1.82) is 0 Å². The van der Waals surface area contributed by atoms with Gasteiger partial charge in [0.05, 0.1) is 11.9 Å². The number of benzene rings is 1. The first-order valence-corrected chi connectivity index (χ1v) is 7.60. The van der Waals surface area contributed by atoms with Crippen molar-refractivity contribution >= 4 is 0 Å². The average molecular weight is 355 g/mol. The first kappa shape index (κ1) is 15.9. The summed E-state index contributed by atoms with van der Waals surface area (Å²) >= 11 is 0. The van der Waals surface area contributed by atoms with E-state index in [9.17, 15) is 13.6 Å². The maximum Gasteiger partial charge on any atom is 0.288 e. The summed E-state index contributed by atoms with van der Waals surface area (Å²) in [5.41, 5.74) is 1.10. The van der Waals surface area contributed by atoms with Gasteiger partial charge in [-0.1, -0.05) is 23.4 Å². The molecule has 0 aliphatic rings. The van der Waals surface area contributed by atoms with Crippen molar-refractivity contribution in [2.75, 3.05) is 0 Å². The Balaban J connectivity index is 1.82. The van der Waals surface area contributed by atoms with Gasteiger partial charge in [-0.3, -0.25) is 9.78 Å². The van der Waals surface area contributed by atoms with Crippen molar-refractivity contribution in [3.05, 3.63) is 82.2 Å². The van der Waals surface area contributed by atoms with E-state index in [4.69, 9.17) is 4.52 Å². The van der Waals surface area contributed by atoms with Crippen molar-refractivity contribution in [2.24, 2.45) is 0 Å². The third kappa shape index (κ3) is 2.90. The van der Waals surface area contributed by atoms with Crippen LogP contribution < -0.4 is 5.56 Å². The van der Waals surface area contributed by atoms with Crippen LogP contribution in [-0.4, -0.2) is 24.9 Å². The van der Waals surface area contributed by atoms with Crippen LogP contribution in [0.5, 0.6) is 0 Å². The van der Waals surface area contributed by atoms with Crippen LogP contribution in [0.15, 0.2) is 58.3 Å². The zero-order valence-corrected chi connectivity index (χ0v) is 13.2. The monoisotopic (exact) mass is 355 g/mol. The minimum Gasteiger partial charge on any atom is -0.364 e. The van der Waals surface area contributed by atoms with E-state index in [1.807, 2.05) is 0 Å². The molecule has 9 heteroatoms. The molecule has 3 aromatic heterocycles. The van der Waals surface area contributed by atoms with E-state index >= 15 is 0 Å². The van der Waals surface area contributed by atoms with Crippen LogP contribution in [-0.2, 0) is 6.42 Å². The molecule has 0 bridgehead atoms. The number of nitrogens with one attached hydrogen (secondary N) is 1. The van der Waals surface area contributed by atoms with Crippen molar-refractivity contribution in [3.63, 3.8) is 0 Å². The molecule has 0 amide bonds. The Morgan fingerprint density at radius 2 is 2.00 bits per heavy atom. The number of H-pyrrole nitrogens is 1. The lowest BCUT2D eigenvalue weighted by atomic mass is 10.1. The van der Waals surface area contributed by atoms with Gasteiger partial charge in [0.2, 0.25) is 11.8 Å². The van der Waals surface area contributed by atoms with E-state index in [1.54, 1.807) is 30.5 Å². The van der Waals surface area contributed by atoms with E-state index in [0.29, 0.717) is 22.5 Å². The molecular weight excluding hydrogens is 344 g/mol. The molecule has 3 heterocycles. The number of rotatable bonds is 4. The second kappa shape index (κ2) is 6.36. The van der Waals surface area contributed by atoms with E-state index in [0.717, 1.165) is 6.20 Å². The molecule has 0 saturated carbocycles. The van der Waals surface area contributed by atoms with Gasteiger partial charge in [0.15, 0.2) is 0 Å². The molecule has 0 unspecified atom stereocenters. The van der Waals surface area contributed by atoms with Gasteiger partial charge in [0, 0.05) is 24.2 Å². The summed E-state index contributed by atoms with van der Waals surface area (Å²) in [7, 11) is 0. The fourth-order valence-corrected chi connectivity index (χ4v) is 2.52. The molecule has 26 heavy (non-hydrogen) atoms. The maximum absolute atomic E-state index is 14.0. The summed E-state index contributed by atoms with van der Waals surface area (Å²) in [5, 5.41) is 8.23. The standard InChI is InChI=1S/C17H11F2N5O2/c18-12-4-2-1-3-10(12)7-15-11(14-5-6-26-23-14)9-24(22-15)17-20-8-13(19)16(25)21-17/h1-6,8-9H,7H2,(H,20,21,25).